The Morgan fingerprint density at radius 2 is 2.24 bits per heavy atom. The highest BCUT2D eigenvalue weighted by atomic mass is 35.5. The molecule has 0 amide bonds. The van der Waals surface area contributed by atoms with Crippen LogP contribution in [0.2, 0.25) is 0 Å². The number of pyridine rings is 1. The smallest absolute Gasteiger partial charge is 0.137 e. The molecule has 1 aliphatic rings. The lowest BCUT2D eigenvalue weighted by atomic mass is 9.92. The highest BCUT2D eigenvalue weighted by Crippen LogP contribution is 2.27. The fraction of sp³-hybridized carbons (Fsp3) is 0.583. The minimum absolute atomic E-state index is 0.0958. The van der Waals surface area contributed by atoms with Crippen LogP contribution in [0.5, 0.6) is 5.75 Å². The molecule has 1 aliphatic heterocycles. The van der Waals surface area contributed by atoms with E-state index >= 15 is 0 Å². The number of nitrogens with zero attached hydrogens (tertiary/aromatic N) is 1. The third-order valence-electron chi connectivity index (χ3n) is 3.07. The number of hydrogen-bond donors (Lipinski definition) is 1. The first-order chi connectivity index (χ1) is 8.28. The number of nitrogens with one attached hydrogen (secondary N) is 1. The van der Waals surface area contributed by atoms with Crippen molar-refractivity contribution in [3.8, 4) is 5.75 Å². The van der Waals surface area contributed by atoms with Crippen LogP contribution in [-0.2, 0) is 4.74 Å². The van der Waals surface area contributed by atoms with Gasteiger partial charge in [-0.15, -0.1) is 11.6 Å². The second-order valence-corrected chi connectivity index (χ2v) is 4.50. The van der Waals surface area contributed by atoms with Gasteiger partial charge in [-0.1, -0.05) is 0 Å². The van der Waals surface area contributed by atoms with E-state index in [2.05, 4.69) is 10.3 Å². The van der Waals surface area contributed by atoms with E-state index in [-0.39, 0.29) is 5.54 Å². The molecule has 1 fully saturated rings. The first-order valence-corrected chi connectivity index (χ1v) is 6.23. The summed E-state index contributed by atoms with van der Waals surface area (Å²) in [6.07, 6.45) is 3.51. The summed E-state index contributed by atoms with van der Waals surface area (Å²) < 4.78 is 10.4. The Hall–Kier alpha value is -1.00. The first kappa shape index (κ1) is 12.5. The average Bonchev–Trinajstić information content (AvgIpc) is 2.41. The molecule has 17 heavy (non-hydrogen) atoms. The summed E-state index contributed by atoms with van der Waals surface area (Å²) in [5.74, 6) is 2.14. The zero-order valence-corrected chi connectivity index (χ0v) is 10.7. The lowest BCUT2D eigenvalue weighted by molar-refractivity contribution is 0.0666. The molecule has 5 heteroatoms. The number of aromatic nitrogens is 1. The van der Waals surface area contributed by atoms with Crippen molar-refractivity contribution in [3.05, 3.63) is 18.3 Å². The Kier molecular flexibility index (Phi) is 4.07. The van der Waals surface area contributed by atoms with Crippen LogP contribution in [-0.4, -0.2) is 36.7 Å². The van der Waals surface area contributed by atoms with Gasteiger partial charge in [0.1, 0.15) is 11.6 Å². The van der Waals surface area contributed by atoms with Crippen LogP contribution >= 0.6 is 11.6 Å². The molecule has 2 heterocycles. The van der Waals surface area contributed by atoms with E-state index in [0.717, 1.165) is 37.6 Å². The predicted molar refractivity (Wildman–Crippen MR) is 67.9 cm³/mol. The topological polar surface area (TPSA) is 43.4 Å². The van der Waals surface area contributed by atoms with Gasteiger partial charge in [-0.2, -0.15) is 0 Å². The monoisotopic (exact) mass is 256 g/mol. The summed E-state index contributed by atoms with van der Waals surface area (Å²) >= 11 is 6.08. The molecule has 1 N–H and O–H groups in total. The molecule has 1 aromatic heterocycles. The van der Waals surface area contributed by atoms with Crippen molar-refractivity contribution in [1.82, 2.24) is 4.98 Å². The second-order valence-electron chi connectivity index (χ2n) is 4.23. The molecular formula is C12H17ClN2O2. The standard InChI is InChI=1S/C12H17ClN2O2/c1-16-10-2-3-11(14-8-10)15-12(9-13)4-6-17-7-5-12/h2-3,8H,4-7,9H2,1H3,(H,14,15). The van der Waals surface area contributed by atoms with Crippen LogP contribution < -0.4 is 10.1 Å². The van der Waals surface area contributed by atoms with E-state index in [4.69, 9.17) is 21.1 Å². The lowest BCUT2D eigenvalue weighted by Gasteiger charge is -2.36. The number of anilines is 1. The van der Waals surface area contributed by atoms with Gasteiger partial charge in [0.2, 0.25) is 0 Å². The highest BCUT2D eigenvalue weighted by molar-refractivity contribution is 6.18. The van der Waals surface area contributed by atoms with Crippen molar-refractivity contribution in [1.29, 1.82) is 0 Å². The SMILES string of the molecule is COc1ccc(NC2(CCl)CCOCC2)nc1. The molecule has 2 rings (SSSR count). The van der Waals surface area contributed by atoms with Crippen molar-refractivity contribution < 1.29 is 9.47 Å². The fourth-order valence-electron chi connectivity index (χ4n) is 1.90. The highest BCUT2D eigenvalue weighted by Gasteiger charge is 2.31. The molecule has 1 saturated heterocycles. The number of methoxy groups -OCH3 is 1. The summed E-state index contributed by atoms with van der Waals surface area (Å²) in [5.41, 5.74) is -0.0958. The van der Waals surface area contributed by atoms with Crippen LogP contribution in [0, 0.1) is 0 Å². The summed E-state index contributed by atoms with van der Waals surface area (Å²) in [6, 6.07) is 3.79. The molecular weight excluding hydrogens is 240 g/mol. The van der Waals surface area contributed by atoms with Gasteiger partial charge in [-0.05, 0) is 25.0 Å². The second kappa shape index (κ2) is 5.56. The third kappa shape index (κ3) is 3.01. The molecule has 0 radical (unpaired) electrons. The zero-order valence-electron chi connectivity index (χ0n) is 9.91. The Morgan fingerprint density at radius 1 is 1.47 bits per heavy atom. The van der Waals surface area contributed by atoms with Gasteiger partial charge < -0.3 is 14.8 Å². The van der Waals surface area contributed by atoms with E-state index in [0.29, 0.717) is 5.88 Å². The molecule has 1 aromatic rings. The van der Waals surface area contributed by atoms with Crippen molar-refractivity contribution in [3.63, 3.8) is 0 Å². The van der Waals surface area contributed by atoms with E-state index < -0.39 is 0 Å². The summed E-state index contributed by atoms with van der Waals surface area (Å²) in [4.78, 5) is 4.30. The van der Waals surface area contributed by atoms with Crippen LogP contribution in [0.15, 0.2) is 18.3 Å². The van der Waals surface area contributed by atoms with Gasteiger partial charge in [-0.3, -0.25) is 0 Å². The van der Waals surface area contributed by atoms with Crippen molar-refractivity contribution in [2.24, 2.45) is 0 Å². The lowest BCUT2D eigenvalue weighted by Crippen LogP contribution is -2.45. The third-order valence-corrected chi connectivity index (χ3v) is 3.58. The Morgan fingerprint density at radius 3 is 2.76 bits per heavy atom. The maximum atomic E-state index is 6.08. The molecule has 94 valence electrons. The molecule has 0 aromatic carbocycles. The van der Waals surface area contributed by atoms with E-state index in [1.54, 1.807) is 13.3 Å². The van der Waals surface area contributed by atoms with Crippen LogP contribution in [0.25, 0.3) is 0 Å². The largest absolute Gasteiger partial charge is 0.495 e. The predicted octanol–water partition coefficient (Wildman–Crippen LogP) is 2.29. The van der Waals surface area contributed by atoms with Crippen molar-refractivity contribution in [2.75, 3.05) is 31.5 Å². The van der Waals surface area contributed by atoms with E-state index in [1.807, 2.05) is 12.1 Å². The van der Waals surface area contributed by atoms with Crippen LogP contribution in [0.3, 0.4) is 0 Å². The minimum atomic E-state index is -0.0958. The molecule has 0 saturated carbocycles. The molecule has 0 aliphatic carbocycles. The van der Waals surface area contributed by atoms with Crippen molar-refractivity contribution in [2.45, 2.75) is 18.4 Å². The number of ether oxygens (including phenoxy) is 2. The molecule has 0 bridgehead atoms. The number of hydrogen-bond acceptors (Lipinski definition) is 4. The normalized spacial score (nSPS) is 18.7. The van der Waals surface area contributed by atoms with Crippen LogP contribution in [0.1, 0.15) is 12.8 Å². The Balaban J connectivity index is 2.06. The van der Waals surface area contributed by atoms with Crippen LogP contribution in [0.4, 0.5) is 5.82 Å². The number of halogens is 1. The maximum Gasteiger partial charge on any atom is 0.137 e. The summed E-state index contributed by atoms with van der Waals surface area (Å²) in [6.45, 7) is 1.49. The van der Waals surface area contributed by atoms with Gasteiger partial charge in [0.15, 0.2) is 0 Å². The molecule has 4 nitrogen and oxygen atoms in total. The van der Waals surface area contributed by atoms with E-state index in [9.17, 15) is 0 Å². The molecule has 0 atom stereocenters. The Labute approximate surface area is 106 Å². The van der Waals surface area contributed by atoms with E-state index in [1.165, 1.54) is 0 Å². The summed E-state index contributed by atoms with van der Waals surface area (Å²) in [7, 11) is 1.63. The van der Waals surface area contributed by atoms with Gasteiger partial charge in [0, 0.05) is 19.1 Å². The summed E-state index contributed by atoms with van der Waals surface area (Å²) in [5, 5.41) is 3.42. The van der Waals surface area contributed by atoms with Gasteiger partial charge >= 0.3 is 0 Å². The van der Waals surface area contributed by atoms with Gasteiger partial charge in [0.05, 0.1) is 18.8 Å². The molecule has 0 unspecified atom stereocenters. The quantitative estimate of drug-likeness (QED) is 0.840. The Bertz CT molecular complexity index is 350. The zero-order chi connectivity index (χ0) is 12.1. The minimum Gasteiger partial charge on any atom is -0.495 e. The van der Waals surface area contributed by atoms with Gasteiger partial charge in [-0.25, -0.2) is 4.98 Å². The van der Waals surface area contributed by atoms with Crippen molar-refractivity contribution >= 4 is 17.4 Å². The first-order valence-electron chi connectivity index (χ1n) is 5.70. The number of alkyl halides is 1. The maximum absolute atomic E-state index is 6.08. The molecule has 0 spiro atoms. The van der Waals surface area contributed by atoms with Gasteiger partial charge in [0.25, 0.3) is 0 Å². The average molecular weight is 257 g/mol. The fourth-order valence-corrected chi connectivity index (χ4v) is 2.23. The number of rotatable bonds is 4.